The SMILES string of the molecule is Cc1ccc(C(Cl)c2cc3ccccc3s2)c(C)c1. The zero-order valence-electron chi connectivity index (χ0n) is 11.0. The van der Waals surface area contributed by atoms with E-state index in [1.54, 1.807) is 11.3 Å². The van der Waals surface area contributed by atoms with E-state index in [9.17, 15) is 0 Å². The molecule has 96 valence electrons. The zero-order valence-corrected chi connectivity index (χ0v) is 12.6. The number of fused-ring (bicyclic) bond motifs is 1. The first-order valence-electron chi connectivity index (χ1n) is 6.35. The van der Waals surface area contributed by atoms with Crippen LogP contribution in [0.3, 0.4) is 0 Å². The van der Waals surface area contributed by atoms with Crippen molar-refractivity contribution in [1.82, 2.24) is 0 Å². The van der Waals surface area contributed by atoms with E-state index in [0.717, 1.165) is 0 Å². The summed E-state index contributed by atoms with van der Waals surface area (Å²) < 4.78 is 1.30. The lowest BCUT2D eigenvalue weighted by Crippen LogP contribution is -1.94. The quantitative estimate of drug-likeness (QED) is 0.519. The molecule has 2 heteroatoms. The third-order valence-electron chi connectivity index (χ3n) is 3.39. The van der Waals surface area contributed by atoms with Crippen LogP contribution >= 0.6 is 22.9 Å². The maximum Gasteiger partial charge on any atom is 0.0930 e. The normalized spacial score (nSPS) is 12.8. The van der Waals surface area contributed by atoms with Gasteiger partial charge in [0.05, 0.1) is 5.38 Å². The van der Waals surface area contributed by atoms with Crippen LogP contribution in [0.1, 0.15) is 26.9 Å². The Labute approximate surface area is 122 Å². The molecule has 0 amide bonds. The van der Waals surface area contributed by atoms with Gasteiger partial charge < -0.3 is 0 Å². The minimum absolute atomic E-state index is 0.0574. The number of aryl methyl sites for hydroxylation is 2. The van der Waals surface area contributed by atoms with Gasteiger partial charge in [0, 0.05) is 9.58 Å². The summed E-state index contributed by atoms with van der Waals surface area (Å²) in [5.41, 5.74) is 3.75. The number of thiophene rings is 1. The molecule has 1 atom stereocenters. The summed E-state index contributed by atoms with van der Waals surface area (Å²) in [6, 6.07) is 17.1. The summed E-state index contributed by atoms with van der Waals surface area (Å²) in [6.07, 6.45) is 0. The molecule has 0 saturated heterocycles. The molecule has 2 aromatic carbocycles. The van der Waals surface area contributed by atoms with E-state index in [4.69, 9.17) is 11.6 Å². The zero-order chi connectivity index (χ0) is 13.4. The Morgan fingerprint density at radius 1 is 1.00 bits per heavy atom. The highest BCUT2D eigenvalue weighted by Gasteiger charge is 2.15. The van der Waals surface area contributed by atoms with Crippen molar-refractivity contribution in [2.24, 2.45) is 0 Å². The molecular formula is C17H15ClS. The molecule has 0 aliphatic carbocycles. The highest BCUT2D eigenvalue weighted by Crippen LogP contribution is 2.38. The highest BCUT2D eigenvalue weighted by atomic mass is 35.5. The Hall–Kier alpha value is -1.31. The minimum Gasteiger partial charge on any atom is -0.138 e. The molecule has 19 heavy (non-hydrogen) atoms. The summed E-state index contributed by atoms with van der Waals surface area (Å²) in [6.45, 7) is 4.24. The molecule has 1 unspecified atom stereocenters. The Bertz CT molecular complexity index is 694. The fraction of sp³-hybridized carbons (Fsp3) is 0.176. The van der Waals surface area contributed by atoms with Crippen molar-refractivity contribution in [2.75, 3.05) is 0 Å². The number of hydrogen-bond donors (Lipinski definition) is 0. The fourth-order valence-corrected chi connectivity index (χ4v) is 3.89. The average Bonchev–Trinajstić information content (AvgIpc) is 2.81. The van der Waals surface area contributed by atoms with Crippen molar-refractivity contribution < 1.29 is 0 Å². The molecule has 0 aliphatic rings. The third-order valence-corrected chi connectivity index (χ3v) is 5.17. The van der Waals surface area contributed by atoms with Crippen LogP contribution in [0.2, 0.25) is 0 Å². The molecule has 3 aromatic rings. The number of halogens is 1. The molecule has 0 saturated carbocycles. The van der Waals surface area contributed by atoms with Crippen LogP contribution in [0.25, 0.3) is 10.1 Å². The molecule has 1 aromatic heterocycles. The molecule has 0 aliphatic heterocycles. The van der Waals surface area contributed by atoms with Gasteiger partial charge >= 0.3 is 0 Å². The molecule has 0 spiro atoms. The van der Waals surface area contributed by atoms with E-state index in [0.29, 0.717) is 0 Å². The summed E-state index contributed by atoms with van der Waals surface area (Å²) >= 11 is 8.45. The van der Waals surface area contributed by atoms with Crippen LogP contribution in [0.15, 0.2) is 48.5 Å². The average molecular weight is 287 g/mol. The maximum absolute atomic E-state index is 6.67. The van der Waals surface area contributed by atoms with Crippen molar-refractivity contribution in [3.8, 4) is 0 Å². The lowest BCUT2D eigenvalue weighted by Gasteiger charge is -2.11. The van der Waals surface area contributed by atoms with E-state index < -0.39 is 0 Å². The van der Waals surface area contributed by atoms with E-state index in [-0.39, 0.29) is 5.38 Å². The van der Waals surface area contributed by atoms with Crippen molar-refractivity contribution in [1.29, 1.82) is 0 Å². The largest absolute Gasteiger partial charge is 0.138 e. The van der Waals surface area contributed by atoms with E-state index in [2.05, 4.69) is 62.4 Å². The van der Waals surface area contributed by atoms with Crippen LogP contribution in [0.5, 0.6) is 0 Å². The predicted molar refractivity (Wildman–Crippen MR) is 85.4 cm³/mol. The molecule has 1 heterocycles. The summed E-state index contributed by atoms with van der Waals surface area (Å²) in [4.78, 5) is 1.22. The molecule has 0 N–H and O–H groups in total. The highest BCUT2D eigenvalue weighted by molar-refractivity contribution is 7.19. The van der Waals surface area contributed by atoms with Gasteiger partial charge in [0.1, 0.15) is 0 Å². The predicted octanol–water partition coefficient (Wildman–Crippen LogP) is 5.85. The van der Waals surface area contributed by atoms with Crippen molar-refractivity contribution in [3.63, 3.8) is 0 Å². The van der Waals surface area contributed by atoms with Gasteiger partial charge in [-0.25, -0.2) is 0 Å². The third kappa shape index (κ3) is 2.41. The first-order valence-corrected chi connectivity index (χ1v) is 7.60. The second-order valence-electron chi connectivity index (χ2n) is 4.91. The first kappa shape index (κ1) is 12.7. The van der Waals surface area contributed by atoms with Crippen LogP contribution in [0, 0.1) is 13.8 Å². The molecule has 0 radical (unpaired) electrons. The van der Waals surface area contributed by atoms with Crippen LogP contribution in [-0.4, -0.2) is 0 Å². The summed E-state index contributed by atoms with van der Waals surface area (Å²) in [7, 11) is 0. The van der Waals surface area contributed by atoms with E-state index >= 15 is 0 Å². The van der Waals surface area contributed by atoms with Gasteiger partial charge in [-0.1, -0.05) is 42.0 Å². The fourth-order valence-electron chi connectivity index (χ4n) is 2.39. The van der Waals surface area contributed by atoms with Gasteiger partial charge in [-0.3, -0.25) is 0 Å². The number of rotatable bonds is 2. The van der Waals surface area contributed by atoms with Crippen LogP contribution in [0.4, 0.5) is 0 Å². The second kappa shape index (κ2) is 4.99. The van der Waals surface area contributed by atoms with Gasteiger partial charge in [-0.05, 0) is 42.5 Å². The number of alkyl halides is 1. The maximum atomic E-state index is 6.67. The topological polar surface area (TPSA) is 0 Å². The molecular weight excluding hydrogens is 272 g/mol. The van der Waals surface area contributed by atoms with Gasteiger partial charge in [0.2, 0.25) is 0 Å². The lowest BCUT2D eigenvalue weighted by molar-refractivity contribution is 1.14. The lowest BCUT2D eigenvalue weighted by atomic mass is 10.0. The van der Waals surface area contributed by atoms with Gasteiger partial charge in [0.15, 0.2) is 0 Å². The molecule has 0 nitrogen and oxygen atoms in total. The van der Waals surface area contributed by atoms with Gasteiger partial charge in [0.25, 0.3) is 0 Å². The monoisotopic (exact) mass is 286 g/mol. The van der Waals surface area contributed by atoms with Crippen molar-refractivity contribution >= 4 is 33.0 Å². The summed E-state index contributed by atoms with van der Waals surface area (Å²) in [5.74, 6) is 0. The van der Waals surface area contributed by atoms with Crippen molar-refractivity contribution in [3.05, 3.63) is 70.1 Å². The molecule has 0 bridgehead atoms. The molecule has 0 fully saturated rings. The smallest absolute Gasteiger partial charge is 0.0930 e. The standard InChI is InChI=1S/C17H15ClS/c1-11-7-8-14(12(2)9-11)17(18)16-10-13-5-3-4-6-15(13)19-16/h3-10,17H,1-2H3. The van der Waals surface area contributed by atoms with E-state index in [1.807, 2.05) is 0 Å². The minimum atomic E-state index is -0.0574. The van der Waals surface area contributed by atoms with Gasteiger partial charge in [-0.2, -0.15) is 0 Å². The Morgan fingerprint density at radius 2 is 1.79 bits per heavy atom. The Kier molecular flexibility index (Phi) is 3.34. The second-order valence-corrected chi connectivity index (χ2v) is 6.46. The van der Waals surface area contributed by atoms with Crippen molar-refractivity contribution in [2.45, 2.75) is 19.2 Å². The Morgan fingerprint density at radius 3 is 2.53 bits per heavy atom. The Balaban J connectivity index is 2.05. The van der Waals surface area contributed by atoms with E-state index in [1.165, 1.54) is 31.7 Å². The molecule has 3 rings (SSSR count). The van der Waals surface area contributed by atoms with Crippen LogP contribution in [-0.2, 0) is 0 Å². The number of benzene rings is 2. The van der Waals surface area contributed by atoms with Gasteiger partial charge in [-0.15, -0.1) is 22.9 Å². The first-order chi connectivity index (χ1) is 9.15. The summed E-state index contributed by atoms with van der Waals surface area (Å²) in [5, 5.41) is 1.22. The van der Waals surface area contributed by atoms with Crippen LogP contribution < -0.4 is 0 Å². The number of hydrogen-bond acceptors (Lipinski definition) is 1.